The molecule has 0 saturated carbocycles. The average Bonchev–Trinajstić information content (AvgIpc) is 2.44. The first-order chi connectivity index (χ1) is 9.08. The van der Waals surface area contributed by atoms with E-state index < -0.39 is 12.0 Å². The zero-order valence-electron chi connectivity index (χ0n) is 11.4. The molecule has 0 saturated heterocycles. The number of carbonyl (C=O) groups excluding carboxylic acids is 2. The van der Waals surface area contributed by atoms with Crippen molar-refractivity contribution in [2.45, 2.75) is 12.5 Å². The molecule has 0 aliphatic rings. The molecule has 0 aliphatic carbocycles. The number of thioether (sulfide) groups is 1. The first-order valence-electron chi connectivity index (χ1n) is 5.82. The summed E-state index contributed by atoms with van der Waals surface area (Å²) in [4.78, 5) is 23.2. The minimum atomic E-state index is -0.547. The van der Waals surface area contributed by atoms with Crippen LogP contribution >= 0.6 is 24.2 Å². The number of benzene rings is 1. The SMILES string of the molecule is COC(=O)c1cccc(NC(=O)[C@@H](N)CCSC)c1.Cl. The molecule has 0 aromatic heterocycles. The lowest BCUT2D eigenvalue weighted by Crippen LogP contribution is -2.36. The molecule has 0 heterocycles. The predicted molar refractivity (Wildman–Crippen MR) is 84.6 cm³/mol. The maximum Gasteiger partial charge on any atom is 0.337 e. The van der Waals surface area contributed by atoms with E-state index in [0.29, 0.717) is 17.7 Å². The summed E-state index contributed by atoms with van der Waals surface area (Å²) in [6.45, 7) is 0. The highest BCUT2D eigenvalue weighted by atomic mass is 35.5. The average molecular weight is 319 g/mol. The van der Waals surface area contributed by atoms with Crippen molar-refractivity contribution in [3.63, 3.8) is 0 Å². The van der Waals surface area contributed by atoms with Crippen molar-refractivity contribution in [3.05, 3.63) is 29.8 Å². The van der Waals surface area contributed by atoms with Crippen LogP contribution in [-0.2, 0) is 9.53 Å². The van der Waals surface area contributed by atoms with Crippen LogP contribution in [0.5, 0.6) is 0 Å². The van der Waals surface area contributed by atoms with Crippen LogP contribution in [0.3, 0.4) is 0 Å². The van der Waals surface area contributed by atoms with Crippen molar-refractivity contribution < 1.29 is 14.3 Å². The number of anilines is 1. The molecule has 0 aliphatic heterocycles. The van der Waals surface area contributed by atoms with Gasteiger partial charge in [0.2, 0.25) is 5.91 Å². The van der Waals surface area contributed by atoms with Gasteiger partial charge in [-0.05, 0) is 36.6 Å². The number of ether oxygens (including phenoxy) is 1. The number of amides is 1. The summed E-state index contributed by atoms with van der Waals surface area (Å²) >= 11 is 1.64. The quantitative estimate of drug-likeness (QED) is 0.783. The maximum absolute atomic E-state index is 11.8. The molecule has 3 N–H and O–H groups in total. The zero-order chi connectivity index (χ0) is 14.3. The Balaban J connectivity index is 0.00000361. The Kier molecular flexibility index (Phi) is 9.03. The summed E-state index contributed by atoms with van der Waals surface area (Å²) in [5.74, 6) is 0.135. The largest absolute Gasteiger partial charge is 0.465 e. The molecular formula is C13H19ClN2O3S. The number of nitrogens with one attached hydrogen (secondary N) is 1. The third-order valence-corrected chi connectivity index (χ3v) is 3.16. The molecule has 1 amide bonds. The zero-order valence-corrected chi connectivity index (χ0v) is 13.1. The van der Waals surface area contributed by atoms with E-state index in [9.17, 15) is 9.59 Å². The first kappa shape index (κ1) is 18.8. The van der Waals surface area contributed by atoms with Gasteiger partial charge in [0, 0.05) is 5.69 Å². The van der Waals surface area contributed by atoms with Gasteiger partial charge in [0.15, 0.2) is 0 Å². The number of methoxy groups -OCH3 is 1. The summed E-state index contributed by atoms with van der Waals surface area (Å²) < 4.78 is 4.62. The third kappa shape index (κ3) is 5.81. The van der Waals surface area contributed by atoms with Gasteiger partial charge in [0.1, 0.15) is 0 Å². The van der Waals surface area contributed by atoms with Crippen LogP contribution < -0.4 is 11.1 Å². The summed E-state index contributed by atoms with van der Waals surface area (Å²) in [5, 5.41) is 2.69. The molecule has 0 bridgehead atoms. The molecule has 0 spiro atoms. The molecule has 20 heavy (non-hydrogen) atoms. The van der Waals surface area contributed by atoms with E-state index in [-0.39, 0.29) is 18.3 Å². The van der Waals surface area contributed by atoms with Crippen LogP contribution in [0.25, 0.3) is 0 Å². The summed E-state index contributed by atoms with van der Waals surface area (Å²) in [5.41, 5.74) is 6.68. The highest BCUT2D eigenvalue weighted by Gasteiger charge is 2.14. The van der Waals surface area contributed by atoms with Gasteiger partial charge in [-0.25, -0.2) is 4.79 Å². The van der Waals surface area contributed by atoms with Crippen molar-refractivity contribution in [1.29, 1.82) is 0 Å². The second kappa shape index (κ2) is 9.63. The normalized spacial score (nSPS) is 11.2. The van der Waals surface area contributed by atoms with Crippen LogP contribution in [0.15, 0.2) is 24.3 Å². The lowest BCUT2D eigenvalue weighted by molar-refractivity contribution is -0.117. The van der Waals surface area contributed by atoms with Crippen molar-refractivity contribution in [2.24, 2.45) is 5.73 Å². The van der Waals surface area contributed by atoms with Gasteiger partial charge in [-0.2, -0.15) is 11.8 Å². The standard InChI is InChI=1S/C13H18N2O3S.ClH/c1-18-13(17)9-4-3-5-10(8-9)15-12(16)11(14)6-7-19-2;/h3-5,8,11H,6-7,14H2,1-2H3,(H,15,16);1H/t11-;/m0./s1. The maximum atomic E-state index is 11.8. The summed E-state index contributed by atoms with van der Waals surface area (Å²) in [6, 6.07) is 6.01. The second-order valence-electron chi connectivity index (χ2n) is 3.95. The molecule has 1 rings (SSSR count). The number of carbonyl (C=O) groups is 2. The molecule has 0 radical (unpaired) electrons. The topological polar surface area (TPSA) is 81.4 Å². The molecular weight excluding hydrogens is 300 g/mol. The van der Waals surface area contributed by atoms with Gasteiger partial charge in [0.25, 0.3) is 0 Å². The van der Waals surface area contributed by atoms with E-state index in [1.54, 1.807) is 36.0 Å². The van der Waals surface area contributed by atoms with E-state index in [1.165, 1.54) is 7.11 Å². The number of nitrogens with two attached hydrogens (primary N) is 1. The van der Waals surface area contributed by atoms with Gasteiger partial charge >= 0.3 is 5.97 Å². The summed E-state index contributed by atoms with van der Waals surface area (Å²) in [7, 11) is 1.31. The number of rotatable bonds is 6. The number of hydrogen-bond acceptors (Lipinski definition) is 5. The van der Waals surface area contributed by atoms with Crippen LogP contribution in [-0.4, -0.2) is 37.0 Å². The highest BCUT2D eigenvalue weighted by Crippen LogP contribution is 2.12. The second-order valence-corrected chi connectivity index (χ2v) is 4.94. The van der Waals surface area contributed by atoms with Crippen molar-refractivity contribution >= 4 is 41.7 Å². The van der Waals surface area contributed by atoms with Crippen molar-refractivity contribution in [1.82, 2.24) is 0 Å². The predicted octanol–water partition coefficient (Wildman–Crippen LogP) is 1.91. The Bertz CT molecular complexity index is 457. The molecule has 1 aromatic carbocycles. The summed E-state index contributed by atoms with van der Waals surface area (Å²) in [6.07, 6.45) is 2.58. The fourth-order valence-electron chi connectivity index (χ4n) is 1.45. The highest BCUT2D eigenvalue weighted by molar-refractivity contribution is 7.98. The Morgan fingerprint density at radius 1 is 1.45 bits per heavy atom. The van der Waals surface area contributed by atoms with Crippen molar-refractivity contribution in [2.75, 3.05) is 24.4 Å². The van der Waals surface area contributed by atoms with Crippen LogP contribution in [0.2, 0.25) is 0 Å². The minimum Gasteiger partial charge on any atom is -0.465 e. The van der Waals surface area contributed by atoms with E-state index in [2.05, 4.69) is 10.1 Å². The van der Waals surface area contributed by atoms with Crippen LogP contribution in [0, 0.1) is 0 Å². The van der Waals surface area contributed by atoms with Crippen molar-refractivity contribution in [3.8, 4) is 0 Å². The van der Waals surface area contributed by atoms with Gasteiger partial charge in [-0.1, -0.05) is 6.07 Å². The van der Waals surface area contributed by atoms with Gasteiger partial charge < -0.3 is 15.8 Å². The Labute approximate surface area is 129 Å². The monoisotopic (exact) mass is 318 g/mol. The van der Waals surface area contributed by atoms with Crippen LogP contribution in [0.1, 0.15) is 16.8 Å². The molecule has 1 atom stereocenters. The van der Waals surface area contributed by atoms with E-state index in [1.807, 2.05) is 6.26 Å². The van der Waals surface area contributed by atoms with E-state index in [0.717, 1.165) is 5.75 Å². The third-order valence-electron chi connectivity index (χ3n) is 2.52. The molecule has 7 heteroatoms. The Morgan fingerprint density at radius 3 is 2.75 bits per heavy atom. The lowest BCUT2D eigenvalue weighted by Gasteiger charge is -2.12. The molecule has 1 aromatic rings. The Morgan fingerprint density at radius 2 is 2.15 bits per heavy atom. The fourth-order valence-corrected chi connectivity index (χ4v) is 1.94. The molecule has 0 unspecified atom stereocenters. The Hall–Kier alpha value is -1.24. The number of hydrogen-bond donors (Lipinski definition) is 2. The van der Waals surface area contributed by atoms with E-state index in [4.69, 9.17) is 5.73 Å². The number of halogens is 1. The van der Waals surface area contributed by atoms with Gasteiger partial charge in [0.05, 0.1) is 18.7 Å². The minimum absolute atomic E-state index is 0. The van der Waals surface area contributed by atoms with E-state index >= 15 is 0 Å². The molecule has 0 fully saturated rings. The van der Waals surface area contributed by atoms with Gasteiger partial charge in [-0.3, -0.25) is 4.79 Å². The molecule has 5 nitrogen and oxygen atoms in total. The number of esters is 1. The first-order valence-corrected chi connectivity index (χ1v) is 7.21. The van der Waals surface area contributed by atoms with Crippen LogP contribution in [0.4, 0.5) is 5.69 Å². The lowest BCUT2D eigenvalue weighted by atomic mass is 10.2. The fraction of sp³-hybridized carbons (Fsp3) is 0.385. The molecule has 112 valence electrons. The smallest absolute Gasteiger partial charge is 0.337 e. The van der Waals surface area contributed by atoms with Gasteiger partial charge in [-0.15, -0.1) is 12.4 Å².